The van der Waals surface area contributed by atoms with E-state index in [2.05, 4.69) is 4.98 Å². The third kappa shape index (κ3) is 1.20. The summed E-state index contributed by atoms with van der Waals surface area (Å²) in [5, 5.41) is 9.45. The van der Waals surface area contributed by atoms with Gasteiger partial charge in [-0.2, -0.15) is 0 Å². The number of rotatable bonds is 2. The monoisotopic (exact) mass is 197 g/mol. The zero-order valence-corrected chi connectivity index (χ0v) is 7.58. The number of carboxylic acid groups (broad SMARTS) is 1. The molecule has 0 aliphatic heterocycles. The summed E-state index contributed by atoms with van der Waals surface area (Å²) in [4.78, 5) is 14.8. The van der Waals surface area contributed by atoms with Gasteiger partial charge >= 0.3 is 5.97 Å². The highest BCUT2D eigenvalue weighted by molar-refractivity contribution is 6.31. The van der Waals surface area contributed by atoms with Gasteiger partial charge in [-0.3, -0.25) is 9.78 Å². The number of carbonyl (C=O) groups is 1. The first-order chi connectivity index (χ1) is 6.17. The zero-order chi connectivity index (χ0) is 9.47. The van der Waals surface area contributed by atoms with Crippen LogP contribution >= 0.6 is 11.6 Å². The second-order valence-electron chi connectivity index (χ2n) is 3.24. The molecular weight excluding hydrogens is 190 g/mol. The molecule has 0 unspecified atom stereocenters. The Labute approximate surface area is 80.4 Å². The predicted molar refractivity (Wildman–Crippen MR) is 47.8 cm³/mol. The Kier molecular flexibility index (Phi) is 1.77. The number of nitrogens with zero attached hydrogens (tertiary/aromatic N) is 1. The van der Waals surface area contributed by atoms with Gasteiger partial charge in [0.05, 0.1) is 10.4 Å². The summed E-state index contributed by atoms with van der Waals surface area (Å²) in [5.74, 6) is -0.791. The average Bonchev–Trinajstić information content (AvgIpc) is 2.85. The lowest BCUT2D eigenvalue weighted by atomic mass is 9.97. The van der Waals surface area contributed by atoms with Crippen LogP contribution in [0.5, 0.6) is 0 Å². The van der Waals surface area contributed by atoms with Gasteiger partial charge in [-0.1, -0.05) is 11.6 Å². The minimum Gasteiger partial charge on any atom is -0.481 e. The maximum Gasteiger partial charge on any atom is 0.314 e. The Morgan fingerprint density at radius 2 is 2.31 bits per heavy atom. The van der Waals surface area contributed by atoms with Gasteiger partial charge in [-0.05, 0) is 24.5 Å². The van der Waals surface area contributed by atoms with Crippen LogP contribution in [-0.2, 0) is 10.2 Å². The van der Waals surface area contributed by atoms with Crippen molar-refractivity contribution in [2.24, 2.45) is 0 Å². The van der Waals surface area contributed by atoms with E-state index in [0.717, 1.165) is 0 Å². The highest BCUT2D eigenvalue weighted by Crippen LogP contribution is 2.50. The fourth-order valence-electron chi connectivity index (χ4n) is 1.49. The lowest BCUT2D eigenvalue weighted by Gasteiger charge is -2.10. The van der Waals surface area contributed by atoms with Gasteiger partial charge in [0.25, 0.3) is 0 Å². The normalized spacial score (nSPS) is 18.2. The first-order valence-electron chi connectivity index (χ1n) is 4.00. The predicted octanol–water partition coefficient (Wildman–Crippen LogP) is 1.85. The molecule has 4 heteroatoms. The van der Waals surface area contributed by atoms with Crippen LogP contribution in [0.15, 0.2) is 18.5 Å². The van der Waals surface area contributed by atoms with Crippen LogP contribution < -0.4 is 0 Å². The number of hydrogen-bond acceptors (Lipinski definition) is 2. The molecule has 0 spiro atoms. The van der Waals surface area contributed by atoms with Gasteiger partial charge in [-0.25, -0.2) is 0 Å². The van der Waals surface area contributed by atoms with E-state index in [1.807, 2.05) is 0 Å². The van der Waals surface area contributed by atoms with Gasteiger partial charge in [0, 0.05) is 12.4 Å². The van der Waals surface area contributed by atoms with Crippen molar-refractivity contribution in [2.75, 3.05) is 0 Å². The Bertz CT molecular complexity index is 360. The average molecular weight is 198 g/mol. The molecule has 3 nitrogen and oxygen atoms in total. The van der Waals surface area contributed by atoms with E-state index >= 15 is 0 Å². The maximum atomic E-state index is 11.0. The van der Waals surface area contributed by atoms with E-state index in [0.29, 0.717) is 23.4 Å². The summed E-state index contributed by atoms with van der Waals surface area (Å²) < 4.78 is 0. The number of pyridine rings is 1. The van der Waals surface area contributed by atoms with Gasteiger partial charge < -0.3 is 5.11 Å². The van der Waals surface area contributed by atoms with Crippen molar-refractivity contribution in [2.45, 2.75) is 18.3 Å². The molecule has 1 aliphatic rings. The first kappa shape index (κ1) is 8.51. The molecule has 68 valence electrons. The molecule has 1 heterocycles. The Morgan fingerprint density at radius 1 is 1.62 bits per heavy atom. The summed E-state index contributed by atoms with van der Waals surface area (Å²) in [7, 11) is 0. The Balaban J connectivity index is 2.47. The second-order valence-corrected chi connectivity index (χ2v) is 3.65. The summed E-state index contributed by atoms with van der Waals surface area (Å²) in [6.07, 6.45) is 4.41. The van der Waals surface area contributed by atoms with E-state index < -0.39 is 11.4 Å². The molecule has 1 aromatic rings. The van der Waals surface area contributed by atoms with Crippen molar-refractivity contribution in [3.63, 3.8) is 0 Å². The third-order valence-electron chi connectivity index (χ3n) is 2.45. The number of aromatic nitrogens is 1. The van der Waals surface area contributed by atoms with Crippen LogP contribution in [0.25, 0.3) is 0 Å². The van der Waals surface area contributed by atoms with E-state index in [1.54, 1.807) is 12.3 Å². The highest BCUT2D eigenvalue weighted by atomic mass is 35.5. The molecule has 1 saturated carbocycles. The lowest BCUT2D eigenvalue weighted by molar-refractivity contribution is -0.140. The van der Waals surface area contributed by atoms with Crippen molar-refractivity contribution in [1.82, 2.24) is 4.98 Å². The Hall–Kier alpha value is -1.09. The van der Waals surface area contributed by atoms with Gasteiger partial charge in [0.15, 0.2) is 0 Å². The van der Waals surface area contributed by atoms with Crippen molar-refractivity contribution < 1.29 is 9.90 Å². The third-order valence-corrected chi connectivity index (χ3v) is 2.75. The van der Waals surface area contributed by atoms with Crippen LogP contribution in [-0.4, -0.2) is 16.1 Å². The van der Waals surface area contributed by atoms with Crippen LogP contribution in [0, 0.1) is 0 Å². The van der Waals surface area contributed by atoms with Crippen molar-refractivity contribution in [3.8, 4) is 0 Å². The van der Waals surface area contributed by atoms with Crippen molar-refractivity contribution in [3.05, 3.63) is 29.0 Å². The van der Waals surface area contributed by atoms with Gasteiger partial charge in [0.1, 0.15) is 0 Å². The van der Waals surface area contributed by atoms with Crippen molar-refractivity contribution >= 4 is 17.6 Å². The van der Waals surface area contributed by atoms with E-state index in [1.165, 1.54) is 6.20 Å². The summed E-state index contributed by atoms with van der Waals surface area (Å²) in [6.45, 7) is 0. The SMILES string of the molecule is O=C(O)C1(c2ccncc2Cl)CC1. The molecule has 0 saturated heterocycles. The summed E-state index contributed by atoms with van der Waals surface area (Å²) >= 11 is 5.87. The molecule has 1 aromatic heterocycles. The number of carboxylic acids is 1. The summed E-state index contributed by atoms with van der Waals surface area (Å²) in [6, 6.07) is 1.68. The molecule has 0 aromatic carbocycles. The molecule has 0 radical (unpaired) electrons. The Morgan fingerprint density at radius 3 is 2.77 bits per heavy atom. The standard InChI is InChI=1S/C9H8ClNO2/c10-7-5-11-4-1-6(7)9(2-3-9)8(12)13/h1,4-5H,2-3H2,(H,12,13). The minimum atomic E-state index is -0.791. The fourth-order valence-corrected chi connectivity index (χ4v) is 1.79. The van der Waals surface area contributed by atoms with Crippen LogP contribution in [0.1, 0.15) is 18.4 Å². The number of hydrogen-bond donors (Lipinski definition) is 1. The molecule has 0 bridgehead atoms. The smallest absolute Gasteiger partial charge is 0.314 e. The molecule has 1 aliphatic carbocycles. The van der Waals surface area contributed by atoms with Crippen LogP contribution in [0.4, 0.5) is 0 Å². The molecule has 0 amide bonds. The fraction of sp³-hybridized carbons (Fsp3) is 0.333. The number of halogens is 1. The largest absolute Gasteiger partial charge is 0.481 e. The van der Waals surface area contributed by atoms with E-state index in [4.69, 9.17) is 16.7 Å². The molecule has 0 atom stereocenters. The maximum absolute atomic E-state index is 11.0. The van der Waals surface area contributed by atoms with E-state index in [9.17, 15) is 4.79 Å². The number of aliphatic carboxylic acids is 1. The second kappa shape index (κ2) is 2.70. The van der Waals surface area contributed by atoms with Gasteiger partial charge in [-0.15, -0.1) is 0 Å². The van der Waals surface area contributed by atoms with Crippen molar-refractivity contribution in [1.29, 1.82) is 0 Å². The highest BCUT2D eigenvalue weighted by Gasteiger charge is 2.52. The van der Waals surface area contributed by atoms with Gasteiger partial charge in [0.2, 0.25) is 0 Å². The topological polar surface area (TPSA) is 50.2 Å². The lowest BCUT2D eigenvalue weighted by Crippen LogP contribution is -2.19. The molecular formula is C9H8ClNO2. The molecule has 1 fully saturated rings. The quantitative estimate of drug-likeness (QED) is 0.787. The van der Waals surface area contributed by atoms with Crippen LogP contribution in [0.3, 0.4) is 0 Å². The van der Waals surface area contributed by atoms with Crippen LogP contribution in [0.2, 0.25) is 5.02 Å². The first-order valence-corrected chi connectivity index (χ1v) is 4.38. The summed E-state index contributed by atoms with van der Waals surface area (Å²) in [5.41, 5.74) is -0.0308. The zero-order valence-electron chi connectivity index (χ0n) is 6.83. The minimum absolute atomic E-state index is 0.447. The van der Waals surface area contributed by atoms with E-state index in [-0.39, 0.29) is 0 Å². The molecule has 13 heavy (non-hydrogen) atoms. The molecule has 1 N–H and O–H groups in total. The molecule has 2 rings (SSSR count).